The fourth-order valence-electron chi connectivity index (χ4n) is 2.08. The molecular weight excluding hydrogens is 358 g/mol. The maximum absolute atomic E-state index is 12.3. The van der Waals surface area contributed by atoms with Crippen LogP contribution in [0.25, 0.3) is 10.9 Å². The summed E-state index contributed by atoms with van der Waals surface area (Å²) in [7, 11) is 0. The van der Waals surface area contributed by atoms with E-state index in [4.69, 9.17) is 0 Å². The Bertz CT molecular complexity index is 619. The van der Waals surface area contributed by atoms with Crippen LogP contribution >= 0.6 is 31.9 Å². The predicted molar refractivity (Wildman–Crippen MR) is 83.1 cm³/mol. The zero-order valence-electron chi connectivity index (χ0n) is 10.2. The number of aryl methyl sites for hydroxylation is 1. The lowest BCUT2D eigenvalue weighted by Gasteiger charge is -2.12. The van der Waals surface area contributed by atoms with E-state index in [1.165, 1.54) is 0 Å². The molecule has 1 aromatic carbocycles. The van der Waals surface area contributed by atoms with Crippen molar-refractivity contribution < 1.29 is 0 Å². The number of hydrogen-bond acceptors (Lipinski definition) is 1. The summed E-state index contributed by atoms with van der Waals surface area (Å²) in [6, 6.07) is 7.98. The molecule has 0 radical (unpaired) electrons. The lowest BCUT2D eigenvalue weighted by molar-refractivity contribution is 0.601. The first-order valence-corrected chi connectivity index (χ1v) is 7.72. The van der Waals surface area contributed by atoms with E-state index < -0.39 is 0 Å². The minimum absolute atomic E-state index is 0.0386. The number of fused-ring (bicyclic) bond motifs is 1. The monoisotopic (exact) mass is 371 g/mol. The molecule has 2 aromatic rings. The second-order valence-electron chi connectivity index (χ2n) is 4.31. The number of rotatable bonds is 4. The lowest BCUT2D eigenvalue weighted by atomic mass is 10.2. The number of para-hydroxylation sites is 1. The number of benzene rings is 1. The van der Waals surface area contributed by atoms with Crippen molar-refractivity contribution in [2.24, 2.45) is 0 Å². The predicted octanol–water partition coefficient (Wildman–Crippen LogP) is 4.72. The minimum Gasteiger partial charge on any atom is -0.307 e. The summed E-state index contributed by atoms with van der Waals surface area (Å²) in [5.41, 5.74) is 1.03. The first-order valence-electron chi connectivity index (χ1n) is 6.13. The SMILES string of the molecule is CCCCCn1c(=O)c(Br)c(Br)c2ccccc21. The summed E-state index contributed by atoms with van der Waals surface area (Å²) in [4.78, 5) is 12.3. The van der Waals surface area contributed by atoms with Crippen LogP contribution in [0.3, 0.4) is 0 Å². The molecule has 2 nitrogen and oxygen atoms in total. The zero-order valence-corrected chi connectivity index (χ0v) is 13.4. The van der Waals surface area contributed by atoms with Crippen molar-refractivity contribution >= 4 is 42.8 Å². The van der Waals surface area contributed by atoms with Gasteiger partial charge in [-0.1, -0.05) is 38.0 Å². The van der Waals surface area contributed by atoms with Gasteiger partial charge in [0.05, 0.1) is 9.99 Å². The molecule has 0 unspecified atom stereocenters. The Morgan fingerprint density at radius 1 is 1.11 bits per heavy atom. The smallest absolute Gasteiger partial charge is 0.266 e. The molecule has 0 fully saturated rings. The third-order valence-corrected chi connectivity index (χ3v) is 5.13. The van der Waals surface area contributed by atoms with E-state index in [2.05, 4.69) is 38.8 Å². The van der Waals surface area contributed by atoms with Crippen LogP contribution in [0.1, 0.15) is 26.2 Å². The number of aromatic nitrogens is 1. The summed E-state index contributed by atoms with van der Waals surface area (Å²) in [5.74, 6) is 0. The van der Waals surface area contributed by atoms with Crippen LogP contribution < -0.4 is 5.56 Å². The van der Waals surface area contributed by atoms with Gasteiger partial charge in [-0.25, -0.2) is 0 Å². The van der Waals surface area contributed by atoms with Gasteiger partial charge < -0.3 is 4.57 Å². The molecule has 0 aliphatic carbocycles. The van der Waals surface area contributed by atoms with Gasteiger partial charge in [0.15, 0.2) is 0 Å². The van der Waals surface area contributed by atoms with Crippen LogP contribution in [-0.4, -0.2) is 4.57 Å². The van der Waals surface area contributed by atoms with Gasteiger partial charge in [0.25, 0.3) is 5.56 Å². The van der Waals surface area contributed by atoms with Gasteiger partial charge >= 0.3 is 0 Å². The molecule has 0 N–H and O–H groups in total. The molecule has 0 aliphatic rings. The third-order valence-electron chi connectivity index (χ3n) is 3.04. The van der Waals surface area contributed by atoms with E-state index in [-0.39, 0.29) is 5.56 Å². The van der Waals surface area contributed by atoms with Crippen molar-refractivity contribution in [3.05, 3.63) is 43.6 Å². The van der Waals surface area contributed by atoms with Gasteiger partial charge in [-0.3, -0.25) is 4.79 Å². The van der Waals surface area contributed by atoms with E-state index in [1.807, 2.05) is 28.8 Å². The Hall–Kier alpha value is -0.610. The van der Waals surface area contributed by atoms with Crippen LogP contribution in [0.5, 0.6) is 0 Å². The first-order chi connectivity index (χ1) is 8.66. The molecular formula is C14H15Br2NO. The van der Waals surface area contributed by atoms with Gasteiger partial charge in [-0.15, -0.1) is 0 Å². The molecule has 0 saturated carbocycles. The molecule has 4 heteroatoms. The summed E-state index contributed by atoms with van der Waals surface area (Å²) in [6.45, 7) is 2.94. The molecule has 0 atom stereocenters. The van der Waals surface area contributed by atoms with Gasteiger partial charge in [-0.2, -0.15) is 0 Å². The zero-order chi connectivity index (χ0) is 13.1. The standard InChI is InChI=1S/C14H15Br2NO/c1-2-3-6-9-17-11-8-5-4-7-10(11)12(15)13(16)14(17)18/h4-5,7-8H,2-3,6,9H2,1H3. The molecule has 96 valence electrons. The Kier molecular flexibility index (Phi) is 4.62. The van der Waals surface area contributed by atoms with Crippen molar-refractivity contribution in [3.63, 3.8) is 0 Å². The molecule has 0 amide bonds. The lowest BCUT2D eigenvalue weighted by Crippen LogP contribution is -2.21. The maximum atomic E-state index is 12.3. The van der Waals surface area contributed by atoms with Gasteiger partial charge in [0.1, 0.15) is 0 Å². The summed E-state index contributed by atoms with van der Waals surface area (Å²) in [5, 5.41) is 1.07. The number of halogens is 2. The fraction of sp³-hybridized carbons (Fsp3) is 0.357. The van der Waals surface area contributed by atoms with E-state index in [1.54, 1.807) is 0 Å². The maximum Gasteiger partial charge on any atom is 0.266 e. The molecule has 2 rings (SSSR count). The largest absolute Gasteiger partial charge is 0.307 e. The second kappa shape index (κ2) is 6.02. The van der Waals surface area contributed by atoms with Crippen molar-refractivity contribution in [1.82, 2.24) is 4.57 Å². The fourth-order valence-corrected chi connectivity index (χ4v) is 3.01. The normalized spacial score (nSPS) is 11.1. The van der Waals surface area contributed by atoms with Crippen LogP contribution in [0.15, 0.2) is 38.0 Å². The first kappa shape index (κ1) is 13.8. The minimum atomic E-state index is 0.0386. The summed E-state index contributed by atoms with van der Waals surface area (Å²) < 4.78 is 3.31. The Balaban J connectivity index is 2.60. The van der Waals surface area contributed by atoms with Crippen molar-refractivity contribution in [1.29, 1.82) is 0 Å². The van der Waals surface area contributed by atoms with Crippen LogP contribution in [0, 0.1) is 0 Å². The molecule has 0 spiro atoms. The average Bonchev–Trinajstić information content (AvgIpc) is 2.40. The van der Waals surface area contributed by atoms with Crippen LogP contribution in [0.2, 0.25) is 0 Å². The number of unbranched alkanes of at least 4 members (excludes halogenated alkanes) is 2. The highest BCUT2D eigenvalue weighted by Gasteiger charge is 2.12. The van der Waals surface area contributed by atoms with Gasteiger partial charge in [-0.05, 0) is 44.3 Å². The Morgan fingerprint density at radius 3 is 2.56 bits per heavy atom. The summed E-state index contributed by atoms with van der Waals surface area (Å²) in [6.07, 6.45) is 3.34. The van der Waals surface area contributed by atoms with Crippen molar-refractivity contribution in [2.75, 3.05) is 0 Å². The average molecular weight is 373 g/mol. The number of nitrogens with zero attached hydrogens (tertiary/aromatic N) is 1. The molecule has 1 aromatic heterocycles. The quantitative estimate of drug-likeness (QED) is 0.712. The second-order valence-corrected chi connectivity index (χ2v) is 5.90. The highest BCUT2D eigenvalue weighted by atomic mass is 79.9. The number of hydrogen-bond donors (Lipinski definition) is 0. The van der Waals surface area contributed by atoms with E-state index in [0.717, 1.165) is 41.2 Å². The van der Waals surface area contributed by atoms with E-state index in [9.17, 15) is 4.79 Å². The topological polar surface area (TPSA) is 22.0 Å². The van der Waals surface area contributed by atoms with Gasteiger partial charge in [0.2, 0.25) is 0 Å². The van der Waals surface area contributed by atoms with Crippen LogP contribution in [-0.2, 0) is 6.54 Å². The Labute approximate surface area is 123 Å². The highest BCUT2D eigenvalue weighted by Crippen LogP contribution is 2.28. The van der Waals surface area contributed by atoms with Crippen molar-refractivity contribution in [2.45, 2.75) is 32.7 Å². The molecule has 0 saturated heterocycles. The summed E-state index contributed by atoms with van der Waals surface area (Å²) >= 11 is 6.87. The number of pyridine rings is 1. The molecule has 1 heterocycles. The Morgan fingerprint density at radius 2 is 1.83 bits per heavy atom. The van der Waals surface area contributed by atoms with Crippen molar-refractivity contribution in [3.8, 4) is 0 Å². The molecule has 0 aliphatic heterocycles. The van der Waals surface area contributed by atoms with E-state index in [0.29, 0.717) is 4.47 Å². The van der Waals surface area contributed by atoms with E-state index >= 15 is 0 Å². The highest BCUT2D eigenvalue weighted by molar-refractivity contribution is 9.13. The molecule has 18 heavy (non-hydrogen) atoms. The third kappa shape index (κ3) is 2.54. The molecule has 0 bridgehead atoms. The van der Waals surface area contributed by atoms with Crippen LogP contribution in [0.4, 0.5) is 0 Å². The van der Waals surface area contributed by atoms with Gasteiger partial charge in [0, 0.05) is 16.4 Å².